The molecule has 1 aliphatic rings. The molecule has 0 atom stereocenters. The second kappa shape index (κ2) is 4.94. The van der Waals surface area contributed by atoms with Crippen molar-refractivity contribution in [3.63, 3.8) is 0 Å². The topological polar surface area (TPSA) is 3.24 Å². The predicted molar refractivity (Wildman–Crippen MR) is 65.7 cm³/mol. The zero-order valence-corrected chi connectivity index (χ0v) is 9.02. The van der Waals surface area contributed by atoms with Crippen molar-refractivity contribution in [3.05, 3.63) is 54.6 Å². The molecule has 1 heteroatoms. The first-order valence-electron chi connectivity index (χ1n) is 5.48. The molecule has 1 aromatic carbocycles. The van der Waals surface area contributed by atoms with Gasteiger partial charge in [0.05, 0.1) is 0 Å². The summed E-state index contributed by atoms with van der Waals surface area (Å²) >= 11 is 0. The predicted octanol–water partition coefficient (Wildman–Crippen LogP) is 2.96. The summed E-state index contributed by atoms with van der Waals surface area (Å²) in [6.45, 7) is 6.97. The minimum absolute atomic E-state index is 0.999. The molecule has 0 aromatic heterocycles. The van der Waals surface area contributed by atoms with Crippen molar-refractivity contribution in [2.45, 2.75) is 6.42 Å². The van der Waals surface area contributed by atoms with E-state index in [9.17, 15) is 0 Å². The Balaban J connectivity index is 2.05. The first-order chi connectivity index (χ1) is 7.40. The van der Waals surface area contributed by atoms with E-state index in [1.54, 1.807) is 0 Å². The van der Waals surface area contributed by atoms with Gasteiger partial charge in [0.2, 0.25) is 0 Å². The Morgan fingerprint density at radius 1 is 1.27 bits per heavy atom. The number of rotatable bonds is 3. The van der Waals surface area contributed by atoms with Crippen LogP contribution < -0.4 is 0 Å². The minimum Gasteiger partial charge on any atom is -0.296 e. The summed E-state index contributed by atoms with van der Waals surface area (Å²) in [6, 6.07) is 10.7. The van der Waals surface area contributed by atoms with Crippen LogP contribution >= 0.6 is 0 Å². The Hall–Kier alpha value is -1.34. The number of benzene rings is 1. The molecule has 78 valence electrons. The van der Waals surface area contributed by atoms with Crippen molar-refractivity contribution in [2.24, 2.45) is 0 Å². The molecule has 1 nitrogen and oxygen atoms in total. The molecule has 1 aromatic rings. The fourth-order valence-electron chi connectivity index (χ4n) is 1.97. The van der Waals surface area contributed by atoms with E-state index in [-0.39, 0.29) is 0 Å². The summed E-state index contributed by atoms with van der Waals surface area (Å²) < 4.78 is 0. The lowest BCUT2D eigenvalue weighted by Crippen LogP contribution is -2.28. The highest BCUT2D eigenvalue weighted by Gasteiger charge is 2.10. The number of hydrogen-bond acceptors (Lipinski definition) is 1. The molecule has 0 bridgehead atoms. The Morgan fingerprint density at radius 2 is 2.07 bits per heavy atom. The highest BCUT2D eigenvalue weighted by molar-refractivity contribution is 5.66. The molecule has 0 fully saturated rings. The van der Waals surface area contributed by atoms with Crippen LogP contribution in [0.3, 0.4) is 0 Å². The first-order valence-corrected chi connectivity index (χ1v) is 5.48. The lowest BCUT2D eigenvalue weighted by Gasteiger charge is -2.25. The Morgan fingerprint density at radius 3 is 2.67 bits per heavy atom. The van der Waals surface area contributed by atoms with Crippen LogP contribution in [0, 0.1) is 0 Å². The highest BCUT2D eigenvalue weighted by atomic mass is 15.1. The second-order valence-corrected chi connectivity index (χ2v) is 3.89. The number of nitrogens with zero attached hydrogens (tertiary/aromatic N) is 1. The molecule has 15 heavy (non-hydrogen) atoms. The molecular formula is C14H17N. The summed E-state index contributed by atoms with van der Waals surface area (Å²) in [5.41, 5.74) is 2.85. The smallest absolute Gasteiger partial charge is 0.0172 e. The van der Waals surface area contributed by atoms with Gasteiger partial charge in [-0.15, -0.1) is 6.58 Å². The van der Waals surface area contributed by atoms with Crippen molar-refractivity contribution in [3.8, 4) is 0 Å². The molecule has 1 heterocycles. The van der Waals surface area contributed by atoms with Crippen molar-refractivity contribution < 1.29 is 0 Å². The van der Waals surface area contributed by atoms with Gasteiger partial charge in [-0.1, -0.05) is 42.5 Å². The van der Waals surface area contributed by atoms with E-state index >= 15 is 0 Å². The van der Waals surface area contributed by atoms with E-state index in [4.69, 9.17) is 0 Å². The average Bonchev–Trinajstić information content (AvgIpc) is 2.32. The molecule has 0 N–H and O–H groups in total. The highest BCUT2D eigenvalue weighted by Crippen LogP contribution is 2.21. The normalized spacial score (nSPS) is 17.2. The monoisotopic (exact) mass is 199 g/mol. The van der Waals surface area contributed by atoms with Crippen LogP contribution in [0.1, 0.15) is 12.0 Å². The standard InChI is InChI=1S/C14H17N/c1-2-10-15-11-8-14(9-12-15)13-6-4-3-5-7-13/h2-8H,1,9-12H2. The summed E-state index contributed by atoms with van der Waals surface area (Å²) in [4.78, 5) is 2.40. The van der Waals surface area contributed by atoms with Crippen LogP contribution in [0.15, 0.2) is 49.1 Å². The first kappa shape index (κ1) is 10.2. The molecule has 0 radical (unpaired) electrons. The molecule has 0 saturated carbocycles. The zero-order valence-electron chi connectivity index (χ0n) is 9.02. The molecule has 2 rings (SSSR count). The van der Waals surface area contributed by atoms with Gasteiger partial charge in [0.1, 0.15) is 0 Å². The molecule has 0 amide bonds. The Labute approximate surface area is 91.7 Å². The van der Waals surface area contributed by atoms with E-state index in [1.807, 2.05) is 6.08 Å². The second-order valence-electron chi connectivity index (χ2n) is 3.89. The molecule has 0 aliphatic carbocycles. The van der Waals surface area contributed by atoms with Crippen molar-refractivity contribution in [2.75, 3.05) is 19.6 Å². The third kappa shape index (κ3) is 2.57. The van der Waals surface area contributed by atoms with Gasteiger partial charge in [0.15, 0.2) is 0 Å². The van der Waals surface area contributed by atoms with Gasteiger partial charge in [-0.2, -0.15) is 0 Å². The molecular weight excluding hydrogens is 182 g/mol. The maximum absolute atomic E-state index is 3.77. The third-order valence-corrected chi connectivity index (χ3v) is 2.83. The third-order valence-electron chi connectivity index (χ3n) is 2.83. The van der Waals surface area contributed by atoms with E-state index in [0.717, 1.165) is 26.1 Å². The lowest BCUT2D eigenvalue weighted by atomic mass is 10.00. The SMILES string of the molecule is C=CCN1CC=C(c2ccccc2)CC1. The fraction of sp³-hybridized carbons (Fsp3) is 0.286. The van der Waals surface area contributed by atoms with E-state index in [0.29, 0.717) is 0 Å². The van der Waals surface area contributed by atoms with Crippen LogP contribution in [0.5, 0.6) is 0 Å². The average molecular weight is 199 g/mol. The van der Waals surface area contributed by atoms with E-state index in [1.165, 1.54) is 11.1 Å². The fourth-order valence-corrected chi connectivity index (χ4v) is 1.97. The van der Waals surface area contributed by atoms with Crippen LogP contribution in [-0.2, 0) is 0 Å². The Bertz CT molecular complexity index is 351. The largest absolute Gasteiger partial charge is 0.296 e. The minimum atomic E-state index is 0.999. The summed E-state index contributed by atoms with van der Waals surface area (Å²) in [6.07, 6.45) is 5.46. The van der Waals surface area contributed by atoms with Gasteiger partial charge >= 0.3 is 0 Å². The molecule has 0 spiro atoms. The van der Waals surface area contributed by atoms with E-state index in [2.05, 4.69) is 47.9 Å². The maximum atomic E-state index is 3.77. The van der Waals surface area contributed by atoms with Gasteiger partial charge in [0, 0.05) is 19.6 Å². The van der Waals surface area contributed by atoms with Gasteiger partial charge in [-0.25, -0.2) is 0 Å². The Kier molecular flexibility index (Phi) is 3.36. The quantitative estimate of drug-likeness (QED) is 0.676. The molecule has 0 saturated heterocycles. The summed E-state index contributed by atoms with van der Waals surface area (Å²) in [5, 5.41) is 0. The molecule has 0 unspecified atom stereocenters. The van der Waals surface area contributed by atoms with Crippen LogP contribution in [-0.4, -0.2) is 24.5 Å². The van der Waals surface area contributed by atoms with Crippen molar-refractivity contribution in [1.82, 2.24) is 4.90 Å². The van der Waals surface area contributed by atoms with Crippen molar-refractivity contribution in [1.29, 1.82) is 0 Å². The molecule has 1 aliphatic heterocycles. The number of hydrogen-bond donors (Lipinski definition) is 0. The summed E-state index contributed by atoms with van der Waals surface area (Å²) in [7, 11) is 0. The van der Waals surface area contributed by atoms with Crippen LogP contribution in [0.4, 0.5) is 0 Å². The maximum Gasteiger partial charge on any atom is 0.0172 e. The lowest BCUT2D eigenvalue weighted by molar-refractivity contribution is 0.335. The van der Waals surface area contributed by atoms with Gasteiger partial charge < -0.3 is 0 Å². The van der Waals surface area contributed by atoms with Crippen molar-refractivity contribution >= 4 is 5.57 Å². The van der Waals surface area contributed by atoms with Gasteiger partial charge in [-0.05, 0) is 17.6 Å². The zero-order chi connectivity index (χ0) is 10.5. The van der Waals surface area contributed by atoms with Gasteiger partial charge in [0.25, 0.3) is 0 Å². The van der Waals surface area contributed by atoms with Crippen LogP contribution in [0.2, 0.25) is 0 Å². The van der Waals surface area contributed by atoms with E-state index < -0.39 is 0 Å². The summed E-state index contributed by atoms with van der Waals surface area (Å²) in [5.74, 6) is 0. The van der Waals surface area contributed by atoms with Gasteiger partial charge in [-0.3, -0.25) is 4.90 Å². The van der Waals surface area contributed by atoms with Crippen LogP contribution in [0.25, 0.3) is 5.57 Å².